The molecule has 3 rings (SSSR count). The molecule has 2 aromatic rings. The quantitative estimate of drug-likeness (QED) is 0.879. The minimum atomic E-state index is -1.09. The highest BCUT2D eigenvalue weighted by Gasteiger charge is 2.30. The van der Waals surface area contributed by atoms with Crippen LogP contribution in [-0.4, -0.2) is 18.4 Å². The molecule has 2 aromatic carbocycles. The molecule has 5 nitrogen and oxygen atoms in total. The second kappa shape index (κ2) is 7.07. The maximum atomic E-state index is 12.5. The summed E-state index contributed by atoms with van der Waals surface area (Å²) in [6, 6.07) is 17.0. The van der Waals surface area contributed by atoms with Gasteiger partial charge in [-0.3, -0.25) is 9.59 Å². The van der Waals surface area contributed by atoms with Crippen molar-refractivity contribution < 1.29 is 9.59 Å². The molecule has 130 valence electrons. The maximum absolute atomic E-state index is 12.5. The van der Waals surface area contributed by atoms with Gasteiger partial charge in [0.25, 0.3) is 0 Å². The lowest BCUT2D eigenvalue weighted by atomic mass is 9.92. The number of rotatable bonds is 5. The van der Waals surface area contributed by atoms with Gasteiger partial charge in [0.05, 0.1) is 0 Å². The Morgan fingerprint density at radius 1 is 1.20 bits per heavy atom. The Hall–Kier alpha value is -2.66. The molecule has 2 amide bonds. The minimum Gasteiger partial charge on any atom is -0.350 e. The van der Waals surface area contributed by atoms with Gasteiger partial charge < -0.3 is 16.0 Å². The first kappa shape index (κ1) is 17.2. The molecule has 0 spiro atoms. The molecule has 1 unspecified atom stereocenters. The number of hydrogen-bond acceptors (Lipinski definition) is 3. The van der Waals surface area contributed by atoms with Gasteiger partial charge in [0.15, 0.2) is 0 Å². The van der Waals surface area contributed by atoms with Gasteiger partial charge in [-0.05, 0) is 36.6 Å². The van der Waals surface area contributed by atoms with Crippen molar-refractivity contribution in [1.29, 1.82) is 0 Å². The number of hydrogen-bond donors (Lipinski definition) is 2. The zero-order valence-corrected chi connectivity index (χ0v) is 14.4. The third kappa shape index (κ3) is 3.72. The van der Waals surface area contributed by atoms with E-state index in [9.17, 15) is 9.59 Å². The fourth-order valence-corrected chi connectivity index (χ4v) is 3.04. The minimum absolute atomic E-state index is 0.153. The Labute approximate surface area is 147 Å². The number of nitrogens with two attached hydrogens (primary N) is 1. The van der Waals surface area contributed by atoms with Crippen LogP contribution in [0.5, 0.6) is 0 Å². The monoisotopic (exact) mass is 337 g/mol. The smallest absolute Gasteiger partial charge is 0.244 e. The largest absolute Gasteiger partial charge is 0.350 e. The van der Waals surface area contributed by atoms with Crippen LogP contribution < -0.4 is 16.0 Å². The summed E-state index contributed by atoms with van der Waals surface area (Å²) in [5.74, 6) is -0.0823. The van der Waals surface area contributed by atoms with Crippen LogP contribution in [-0.2, 0) is 21.7 Å². The lowest BCUT2D eigenvalue weighted by Crippen LogP contribution is -2.48. The fraction of sp³-hybridized carbons (Fsp3) is 0.300. The maximum Gasteiger partial charge on any atom is 0.244 e. The number of anilines is 1. The van der Waals surface area contributed by atoms with Crippen molar-refractivity contribution in [3.8, 4) is 0 Å². The topological polar surface area (TPSA) is 75.4 Å². The van der Waals surface area contributed by atoms with E-state index in [1.165, 1.54) is 0 Å². The van der Waals surface area contributed by atoms with E-state index in [2.05, 4.69) is 5.32 Å². The van der Waals surface area contributed by atoms with Crippen LogP contribution in [0.2, 0.25) is 0 Å². The molecule has 1 aliphatic rings. The zero-order valence-electron chi connectivity index (χ0n) is 14.4. The van der Waals surface area contributed by atoms with E-state index in [0.717, 1.165) is 29.8 Å². The third-order valence-corrected chi connectivity index (χ3v) is 4.59. The molecule has 3 N–H and O–H groups in total. The predicted molar refractivity (Wildman–Crippen MR) is 97.9 cm³/mol. The van der Waals surface area contributed by atoms with Crippen LogP contribution in [0.3, 0.4) is 0 Å². The van der Waals surface area contributed by atoms with Crippen LogP contribution >= 0.6 is 0 Å². The zero-order chi connectivity index (χ0) is 17.9. The van der Waals surface area contributed by atoms with E-state index in [1.807, 2.05) is 54.6 Å². The molecular weight excluding hydrogens is 314 g/mol. The summed E-state index contributed by atoms with van der Waals surface area (Å²) in [7, 11) is 0. The Balaban J connectivity index is 1.67. The number of carbonyl (C=O) groups excluding carboxylic acids is 2. The van der Waals surface area contributed by atoms with Gasteiger partial charge in [-0.25, -0.2) is 0 Å². The third-order valence-electron chi connectivity index (χ3n) is 4.59. The van der Waals surface area contributed by atoms with Crippen molar-refractivity contribution in [2.75, 3.05) is 11.4 Å². The van der Waals surface area contributed by atoms with E-state index in [-0.39, 0.29) is 11.8 Å². The van der Waals surface area contributed by atoms with E-state index in [4.69, 9.17) is 5.73 Å². The number of nitrogens with one attached hydrogen (secondary N) is 1. The number of amides is 2. The van der Waals surface area contributed by atoms with Crippen molar-refractivity contribution in [1.82, 2.24) is 5.32 Å². The summed E-state index contributed by atoms with van der Waals surface area (Å²) >= 11 is 0. The highest BCUT2D eigenvalue weighted by Crippen LogP contribution is 2.22. The van der Waals surface area contributed by atoms with E-state index in [0.29, 0.717) is 13.0 Å². The lowest BCUT2D eigenvalue weighted by Gasteiger charge is -2.24. The van der Waals surface area contributed by atoms with Crippen LogP contribution in [0.25, 0.3) is 0 Å². The lowest BCUT2D eigenvalue weighted by molar-refractivity contribution is -0.126. The van der Waals surface area contributed by atoms with Crippen LogP contribution in [0.15, 0.2) is 54.6 Å². The van der Waals surface area contributed by atoms with Gasteiger partial charge in [-0.15, -0.1) is 0 Å². The first-order valence-electron chi connectivity index (χ1n) is 8.50. The summed E-state index contributed by atoms with van der Waals surface area (Å²) < 4.78 is 0. The molecule has 1 aliphatic heterocycles. The summed E-state index contributed by atoms with van der Waals surface area (Å²) in [6.07, 6.45) is 1.49. The fourth-order valence-electron chi connectivity index (χ4n) is 3.04. The van der Waals surface area contributed by atoms with Crippen LogP contribution in [0.1, 0.15) is 30.9 Å². The Morgan fingerprint density at radius 2 is 1.96 bits per heavy atom. The standard InChI is InChI=1S/C20H23N3O2/c1-20(21,16-8-3-2-4-9-16)19(25)22-14-15-7-5-10-17(13-15)23-12-6-11-18(23)24/h2-5,7-10,13H,6,11-12,14,21H2,1H3,(H,22,25). The first-order valence-corrected chi connectivity index (χ1v) is 8.50. The van der Waals surface area contributed by atoms with Crippen molar-refractivity contribution in [3.63, 3.8) is 0 Å². The molecule has 1 atom stereocenters. The van der Waals surface area contributed by atoms with Crippen molar-refractivity contribution in [2.45, 2.75) is 31.8 Å². The van der Waals surface area contributed by atoms with Gasteiger partial charge in [0.2, 0.25) is 11.8 Å². The van der Waals surface area contributed by atoms with Gasteiger partial charge in [0, 0.05) is 25.2 Å². The van der Waals surface area contributed by atoms with E-state index in [1.54, 1.807) is 11.8 Å². The average molecular weight is 337 g/mol. The van der Waals surface area contributed by atoms with Gasteiger partial charge in [0.1, 0.15) is 5.54 Å². The summed E-state index contributed by atoms with van der Waals surface area (Å²) in [5.41, 5.74) is 7.72. The highest BCUT2D eigenvalue weighted by molar-refractivity contribution is 5.95. The Kier molecular flexibility index (Phi) is 4.86. The van der Waals surface area contributed by atoms with Crippen molar-refractivity contribution >= 4 is 17.5 Å². The average Bonchev–Trinajstić information content (AvgIpc) is 3.06. The number of nitrogens with zero attached hydrogens (tertiary/aromatic N) is 1. The van der Waals surface area contributed by atoms with Gasteiger partial charge in [-0.1, -0.05) is 42.5 Å². The second-order valence-corrected chi connectivity index (χ2v) is 6.57. The van der Waals surface area contributed by atoms with Gasteiger partial charge in [-0.2, -0.15) is 0 Å². The SMILES string of the molecule is CC(N)(C(=O)NCc1cccc(N2CCCC2=O)c1)c1ccccc1. The second-order valence-electron chi connectivity index (χ2n) is 6.57. The molecule has 0 aliphatic carbocycles. The normalized spacial score (nSPS) is 16.6. The molecule has 1 saturated heterocycles. The van der Waals surface area contributed by atoms with Crippen molar-refractivity contribution in [3.05, 3.63) is 65.7 Å². The summed E-state index contributed by atoms with van der Waals surface area (Å²) in [6.45, 7) is 2.83. The highest BCUT2D eigenvalue weighted by atomic mass is 16.2. The van der Waals surface area contributed by atoms with E-state index >= 15 is 0 Å². The molecule has 5 heteroatoms. The summed E-state index contributed by atoms with van der Waals surface area (Å²) in [4.78, 5) is 26.2. The number of benzene rings is 2. The van der Waals surface area contributed by atoms with Crippen LogP contribution in [0, 0.1) is 0 Å². The molecule has 1 fully saturated rings. The molecule has 0 saturated carbocycles. The first-order chi connectivity index (χ1) is 12.0. The van der Waals surface area contributed by atoms with E-state index < -0.39 is 5.54 Å². The molecule has 0 radical (unpaired) electrons. The Morgan fingerprint density at radius 3 is 2.64 bits per heavy atom. The molecule has 0 bridgehead atoms. The summed E-state index contributed by atoms with van der Waals surface area (Å²) in [5, 5.41) is 2.90. The van der Waals surface area contributed by atoms with Gasteiger partial charge >= 0.3 is 0 Å². The molecule has 1 heterocycles. The predicted octanol–water partition coefficient (Wildman–Crippen LogP) is 2.30. The number of carbonyl (C=O) groups is 2. The Bertz CT molecular complexity index is 772. The molecule has 0 aromatic heterocycles. The molecule has 25 heavy (non-hydrogen) atoms. The van der Waals surface area contributed by atoms with Crippen LogP contribution in [0.4, 0.5) is 5.69 Å². The van der Waals surface area contributed by atoms with Crippen molar-refractivity contribution in [2.24, 2.45) is 5.73 Å². The molecular formula is C20H23N3O2.